The van der Waals surface area contributed by atoms with Gasteiger partial charge in [0.25, 0.3) is 0 Å². The predicted octanol–water partition coefficient (Wildman–Crippen LogP) is 7.63. The van der Waals surface area contributed by atoms with Crippen molar-refractivity contribution >= 4 is 21.9 Å². The summed E-state index contributed by atoms with van der Waals surface area (Å²) in [4.78, 5) is 8.74. The van der Waals surface area contributed by atoms with Crippen molar-refractivity contribution in [2.75, 3.05) is 0 Å². The first-order valence-electron chi connectivity index (χ1n) is 12.5. The molecule has 3 aromatic carbocycles. The van der Waals surface area contributed by atoms with Gasteiger partial charge in [0.2, 0.25) is 6.20 Å². The first-order chi connectivity index (χ1) is 19.2. The molecule has 0 aliphatic heterocycles. The topological polar surface area (TPSA) is 42.8 Å². The normalized spacial score (nSPS) is 10.6. The fourth-order valence-corrected chi connectivity index (χ4v) is 4.44. The van der Waals surface area contributed by atoms with Gasteiger partial charge in [0.1, 0.15) is 12.9 Å². The van der Waals surface area contributed by atoms with E-state index in [1.165, 1.54) is 12.1 Å². The van der Waals surface area contributed by atoms with Gasteiger partial charge in [-0.15, -0.1) is 54.1 Å². The van der Waals surface area contributed by atoms with Gasteiger partial charge in [0.15, 0.2) is 11.8 Å². The summed E-state index contributed by atoms with van der Waals surface area (Å²) < 4.78 is 21.3. The van der Waals surface area contributed by atoms with E-state index in [2.05, 4.69) is 22.1 Å². The van der Waals surface area contributed by atoms with Crippen LogP contribution < -0.4 is 4.57 Å². The average molecular weight is 701 g/mol. The van der Waals surface area contributed by atoms with Gasteiger partial charge < -0.3 is 14.4 Å². The molecule has 1 radical (unpaired) electrons. The predicted molar refractivity (Wildman–Crippen MR) is 151 cm³/mol. The molecule has 0 atom stereocenters. The van der Waals surface area contributed by atoms with Crippen molar-refractivity contribution in [3.63, 3.8) is 0 Å². The quantitative estimate of drug-likeness (QED) is 0.141. The molecule has 4 nitrogen and oxygen atoms in total. The Balaban J connectivity index is 0.000000209. The molecule has 0 aliphatic carbocycles. The van der Waals surface area contributed by atoms with E-state index in [1.54, 1.807) is 24.5 Å². The van der Waals surface area contributed by atoms with E-state index in [1.807, 2.05) is 96.8 Å². The Morgan fingerprint density at radius 1 is 0.750 bits per heavy atom. The van der Waals surface area contributed by atoms with Gasteiger partial charge in [-0.25, -0.2) is 8.96 Å². The van der Waals surface area contributed by atoms with Crippen molar-refractivity contribution in [2.45, 2.75) is 0 Å². The second-order valence-corrected chi connectivity index (χ2v) is 9.01. The molecule has 6 heteroatoms. The molecule has 0 saturated carbocycles. The Hall–Kier alpha value is -4.51. The van der Waals surface area contributed by atoms with Gasteiger partial charge in [-0.05, 0) is 46.8 Å². The molecule has 0 spiro atoms. The van der Waals surface area contributed by atoms with Crippen molar-refractivity contribution in [3.05, 3.63) is 140 Å². The number of halogens is 1. The minimum absolute atomic E-state index is 0. The van der Waals surface area contributed by atoms with Crippen LogP contribution in [-0.4, -0.2) is 9.97 Å². The molecule has 4 aromatic heterocycles. The van der Waals surface area contributed by atoms with E-state index in [4.69, 9.17) is 4.42 Å². The molecule has 40 heavy (non-hydrogen) atoms. The van der Waals surface area contributed by atoms with Gasteiger partial charge in [0, 0.05) is 44.0 Å². The van der Waals surface area contributed by atoms with E-state index in [-0.39, 0.29) is 25.9 Å². The van der Waals surface area contributed by atoms with Gasteiger partial charge in [-0.2, -0.15) is 0 Å². The number of hydrogen-bond acceptors (Lipinski definition) is 3. The Morgan fingerprint density at radius 3 is 2.35 bits per heavy atom. The number of furan rings is 1. The van der Waals surface area contributed by atoms with E-state index < -0.39 is 0 Å². The van der Waals surface area contributed by atoms with Crippen LogP contribution in [0.15, 0.2) is 126 Å². The van der Waals surface area contributed by atoms with Crippen LogP contribution in [0.5, 0.6) is 0 Å². The molecular weight excluding hydrogens is 678 g/mol. The molecule has 7 aromatic rings. The van der Waals surface area contributed by atoms with Gasteiger partial charge in [-0.3, -0.25) is 0 Å². The summed E-state index contributed by atoms with van der Waals surface area (Å²) in [6.45, 7) is 0. The van der Waals surface area contributed by atoms with Crippen LogP contribution in [0.25, 0.3) is 55.6 Å². The molecular formula is C34H23FIrN3O-. The summed E-state index contributed by atoms with van der Waals surface area (Å²) in [6.07, 6.45) is 7.50. The van der Waals surface area contributed by atoms with E-state index in [9.17, 15) is 4.39 Å². The Kier molecular flexibility index (Phi) is 8.20. The Morgan fingerprint density at radius 2 is 1.57 bits per heavy atom. The smallest absolute Gasteiger partial charge is 0.211 e. The zero-order valence-corrected chi connectivity index (χ0v) is 23.9. The Bertz CT molecular complexity index is 1830. The molecule has 0 fully saturated rings. The van der Waals surface area contributed by atoms with Crippen LogP contribution in [0.1, 0.15) is 0 Å². The maximum Gasteiger partial charge on any atom is 0.211 e. The number of nitrogens with zero attached hydrogens (tertiary/aromatic N) is 3. The zero-order chi connectivity index (χ0) is 26.6. The fourth-order valence-electron chi connectivity index (χ4n) is 4.44. The van der Waals surface area contributed by atoms with Crippen molar-refractivity contribution in [3.8, 4) is 33.6 Å². The number of pyridine rings is 3. The minimum atomic E-state index is -0.249. The number of benzene rings is 3. The van der Waals surface area contributed by atoms with Crippen LogP contribution in [0.2, 0.25) is 0 Å². The molecule has 0 unspecified atom stereocenters. The summed E-state index contributed by atoms with van der Waals surface area (Å²) in [5, 5.41) is 2.10. The molecule has 0 saturated heterocycles. The van der Waals surface area contributed by atoms with Gasteiger partial charge >= 0.3 is 0 Å². The molecule has 0 bridgehead atoms. The monoisotopic (exact) mass is 701 g/mol. The zero-order valence-electron chi connectivity index (χ0n) is 21.5. The third-order valence-electron chi connectivity index (χ3n) is 6.36. The molecule has 0 N–H and O–H groups in total. The summed E-state index contributed by atoms with van der Waals surface area (Å²) in [5.74, 6) is -0.249. The fraction of sp³-hybridized carbons (Fsp3) is 0.0294. The Labute approximate surface area is 245 Å². The summed E-state index contributed by atoms with van der Waals surface area (Å²) in [5.41, 5.74) is 7.09. The number of hydrogen-bond donors (Lipinski definition) is 0. The third-order valence-corrected chi connectivity index (χ3v) is 6.36. The van der Waals surface area contributed by atoms with Crippen LogP contribution >= 0.6 is 0 Å². The molecule has 7 rings (SSSR count). The summed E-state index contributed by atoms with van der Waals surface area (Å²) >= 11 is 0. The van der Waals surface area contributed by atoms with Crippen molar-refractivity contribution in [2.24, 2.45) is 7.05 Å². The first-order valence-corrected chi connectivity index (χ1v) is 12.5. The summed E-state index contributed by atoms with van der Waals surface area (Å²) in [7, 11) is 1.97. The SMILES string of the molecule is C[n+]1ccc2c(c1)oc1c(-c3cc(-c4ccc(F)cc4)ccn3)[c-]ccc12.[Ir].[c-]1ccccc1-c1ccccn1. The second kappa shape index (κ2) is 12.1. The number of aryl methyl sites for hydroxylation is 1. The van der Waals surface area contributed by atoms with Crippen molar-refractivity contribution in [1.82, 2.24) is 9.97 Å². The maximum absolute atomic E-state index is 13.2. The summed E-state index contributed by atoms with van der Waals surface area (Å²) in [6, 6.07) is 36.4. The van der Waals surface area contributed by atoms with Crippen LogP contribution in [-0.2, 0) is 27.2 Å². The van der Waals surface area contributed by atoms with E-state index >= 15 is 0 Å². The average Bonchev–Trinajstić information content (AvgIpc) is 3.36. The number of rotatable bonds is 3. The standard InChI is InChI=1S/C23H15FN2O.C11H8N.Ir/c1-26-12-10-18-19-3-2-4-20(23(19)27-22(18)14-26)21-13-16(9-11-25-21)15-5-7-17(24)8-6-15;1-2-6-10(7-3-1)11-8-4-5-9-12-11;/h2-3,5-14H,1H3;1-6,8-9H;/q;-1;. The molecule has 197 valence electrons. The van der Waals surface area contributed by atoms with Crippen LogP contribution in [0, 0.1) is 17.9 Å². The first kappa shape index (κ1) is 27.1. The van der Waals surface area contributed by atoms with Gasteiger partial charge in [0.05, 0.1) is 5.58 Å². The van der Waals surface area contributed by atoms with Crippen molar-refractivity contribution < 1.29 is 33.5 Å². The maximum atomic E-state index is 13.2. The van der Waals surface area contributed by atoms with E-state index in [0.29, 0.717) is 0 Å². The van der Waals surface area contributed by atoms with Crippen LogP contribution in [0.4, 0.5) is 4.39 Å². The number of aromatic nitrogens is 3. The van der Waals surface area contributed by atoms with Gasteiger partial charge in [-0.1, -0.05) is 41.3 Å². The third kappa shape index (κ3) is 5.74. The largest absolute Gasteiger partial charge is 0.495 e. The van der Waals surface area contributed by atoms with E-state index in [0.717, 1.165) is 55.6 Å². The molecule has 0 amide bonds. The van der Waals surface area contributed by atoms with Crippen molar-refractivity contribution in [1.29, 1.82) is 0 Å². The number of fused-ring (bicyclic) bond motifs is 3. The second-order valence-electron chi connectivity index (χ2n) is 9.01. The molecule has 0 aliphatic rings. The molecule has 4 heterocycles. The van der Waals surface area contributed by atoms with Crippen LogP contribution in [0.3, 0.4) is 0 Å². The minimum Gasteiger partial charge on any atom is -0.495 e.